The molecule has 0 unspecified atom stereocenters. The van der Waals surface area contributed by atoms with Crippen molar-refractivity contribution in [1.29, 1.82) is 0 Å². The van der Waals surface area contributed by atoms with Gasteiger partial charge in [-0.25, -0.2) is 0 Å². The number of rotatable bonds is 4. The summed E-state index contributed by atoms with van der Waals surface area (Å²) in [4.78, 5) is 14.9. The van der Waals surface area contributed by atoms with E-state index < -0.39 is 0 Å². The van der Waals surface area contributed by atoms with E-state index >= 15 is 0 Å². The zero-order chi connectivity index (χ0) is 15.1. The van der Waals surface area contributed by atoms with Crippen LogP contribution in [-0.4, -0.2) is 47.8 Å². The molecule has 4 heteroatoms. The second kappa shape index (κ2) is 5.97. The van der Waals surface area contributed by atoms with Crippen LogP contribution in [0.5, 0.6) is 0 Å². The highest BCUT2D eigenvalue weighted by Crippen LogP contribution is 2.48. The maximum Gasteiger partial charge on any atom is 0.246 e. The summed E-state index contributed by atoms with van der Waals surface area (Å²) in [5, 5.41) is 10.2. The smallest absolute Gasteiger partial charge is 0.246 e. The SMILES string of the molecule is O=C(C=C(C1CC1)C1CC1)N1CCOC[C@@H]1[C@H]1CCC[C@H]1O. The highest BCUT2D eigenvalue weighted by Gasteiger charge is 2.41. The lowest BCUT2D eigenvalue weighted by molar-refractivity contribution is -0.138. The molecular weight excluding hydrogens is 278 g/mol. The molecule has 4 aliphatic rings. The molecular formula is C18H27NO3. The molecule has 0 aromatic rings. The number of hydrogen-bond acceptors (Lipinski definition) is 3. The number of nitrogens with zero attached hydrogens (tertiary/aromatic N) is 1. The van der Waals surface area contributed by atoms with Crippen molar-refractivity contribution in [2.75, 3.05) is 19.8 Å². The summed E-state index contributed by atoms with van der Waals surface area (Å²) in [5.41, 5.74) is 1.42. The predicted molar refractivity (Wildman–Crippen MR) is 83.2 cm³/mol. The summed E-state index contributed by atoms with van der Waals surface area (Å²) in [6, 6.07) is 0.0645. The fourth-order valence-corrected chi connectivity index (χ4v) is 4.30. The third-order valence-electron chi connectivity index (χ3n) is 5.86. The molecule has 0 radical (unpaired) electrons. The molecule has 1 aliphatic heterocycles. The Bertz CT molecular complexity index is 453. The molecule has 4 rings (SSSR count). The van der Waals surface area contributed by atoms with Crippen molar-refractivity contribution in [3.63, 3.8) is 0 Å². The third-order valence-corrected chi connectivity index (χ3v) is 5.86. The fraction of sp³-hybridized carbons (Fsp3) is 0.833. The molecule has 3 saturated carbocycles. The van der Waals surface area contributed by atoms with Crippen molar-refractivity contribution in [2.45, 2.75) is 57.1 Å². The van der Waals surface area contributed by atoms with Gasteiger partial charge in [-0.2, -0.15) is 0 Å². The van der Waals surface area contributed by atoms with Crippen molar-refractivity contribution >= 4 is 5.91 Å². The topological polar surface area (TPSA) is 49.8 Å². The van der Waals surface area contributed by atoms with Crippen molar-refractivity contribution in [3.05, 3.63) is 11.6 Å². The summed E-state index contributed by atoms with van der Waals surface area (Å²) in [6.45, 7) is 1.89. The summed E-state index contributed by atoms with van der Waals surface area (Å²) in [6.07, 6.45) is 9.71. The lowest BCUT2D eigenvalue weighted by Gasteiger charge is -2.39. The van der Waals surface area contributed by atoms with Gasteiger partial charge < -0.3 is 14.7 Å². The second-order valence-corrected chi connectivity index (χ2v) is 7.53. The lowest BCUT2D eigenvalue weighted by Crippen LogP contribution is -2.53. The van der Waals surface area contributed by atoms with Gasteiger partial charge >= 0.3 is 0 Å². The average molecular weight is 305 g/mol. The minimum absolute atomic E-state index is 0.0645. The average Bonchev–Trinajstić information content (AvgIpc) is 3.44. The van der Waals surface area contributed by atoms with Gasteiger partial charge in [0.05, 0.1) is 25.4 Å². The molecule has 4 nitrogen and oxygen atoms in total. The van der Waals surface area contributed by atoms with E-state index in [-0.39, 0.29) is 24.0 Å². The Morgan fingerprint density at radius 1 is 1.09 bits per heavy atom. The number of amides is 1. The Morgan fingerprint density at radius 3 is 2.41 bits per heavy atom. The summed E-state index contributed by atoms with van der Waals surface area (Å²) < 4.78 is 5.62. The molecule has 0 aromatic carbocycles. The van der Waals surface area contributed by atoms with Crippen molar-refractivity contribution in [1.82, 2.24) is 4.90 Å². The molecule has 0 aromatic heterocycles. The van der Waals surface area contributed by atoms with Crippen LogP contribution in [0.25, 0.3) is 0 Å². The molecule has 1 amide bonds. The van der Waals surface area contributed by atoms with E-state index in [1.807, 2.05) is 11.0 Å². The monoisotopic (exact) mass is 305 g/mol. The first-order chi connectivity index (χ1) is 10.7. The van der Waals surface area contributed by atoms with Crippen molar-refractivity contribution < 1.29 is 14.6 Å². The number of hydrogen-bond donors (Lipinski definition) is 1. The number of aliphatic hydroxyl groups excluding tert-OH is 1. The van der Waals surface area contributed by atoms with E-state index in [1.54, 1.807) is 0 Å². The van der Waals surface area contributed by atoms with E-state index in [0.717, 1.165) is 19.3 Å². The van der Waals surface area contributed by atoms with Gasteiger partial charge in [-0.15, -0.1) is 0 Å². The molecule has 3 atom stereocenters. The highest BCUT2D eigenvalue weighted by molar-refractivity contribution is 5.89. The van der Waals surface area contributed by atoms with Gasteiger partial charge in [0.1, 0.15) is 0 Å². The van der Waals surface area contributed by atoms with Gasteiger partial charge in [0.25, 0.3) is 0 Å². The maximum atomic E-state index is 12.9. The summed E-state index contributed by atoms with van der Waals surface area (Å²) in [5.74, 6) is 1.74. The Kier molecular flexibility index (Phi) is 3.99. The molecule has 1 N–H and O–H groups in total. The number of carbonyl (C=O) groups excluding carboxylic acids is 1. The van der Waals surface area contributed by atoms with Crippen LogP contribution in [0.1, 0.15) is 44.9 Å². The first kappa shape index (κ1) is 14.7. The molecule has 3 aliphatic carbocycles. The largest absolute Gasteiger partial charge is 0.393 e. The lowest BCUT2D eigenvalue weighted by atomic mass is 9.94. The molecule has 4 fully saturated rings. The van der Waals surface area contributed by atoms with Crippen LogP contribution >= 0.6 is 0 Å². The van der Waals surface area contributed by atoms with Gasteiger partial charge in [-0.3, -0.25) is 4.79 Å². The standard InChI is InChI=1S/C18H27NO3/c20-17-3-1-2-14(17)16-11-22-9-8-19(16)18(21)10-15(12-4-5-12)13-6-7-13/h10,12-14,16-17,20H,1-9,11H2/t14-,16-,17-/m1/s1. The predicted octanol–water partition coefficient (Wildman–Crippen LogP) is 2.12. The van der Waals surface area contributed by atoms with E-state index in [0.29, 0.717) is 31.6 Å². The van der Waals surface area contributed by atoms with Crippen LogP contribution in [0.15, 0.2) is 11.6 Å². The van der Waals surface area contributed by atoms with E-state index in [4.69, 9.17) is 4.74 Å². The number of morpholine rings is 1. The van der Waals surface area contributed by atoms with E-state index in [2.05, 4.69) is 0 Å². The van der Waals surface area contributed by atoms with Crippen LogP contribution < -0.4 is 0 Å². The Labute approximate surface area is 132 Å². The molecule has 122 valence electrons. The minimum Gasteiger partial charge on any atom is -0.393 e. The summed E-state index contributed by atoms with van der Waals surface area (Å²) >= 11 is 0. The first-order valence-electron chi connectivity index (χ1n) is 9.02. The third kappa shape index (κ3) is 2.95. The normalized spacial score (nSPS) is 35.5. The van der Waals surface area contributed by atoms with E-state index in [9.17, 15) is 9.90 Å². The van der Waals surface area contributed by atoms with Crippen LogP contribution in [0.4, 0.5) is 0 Å². The number of allylic oxidation sites excluding steroid dienone is 1. The molecule has 22 heavy (non-hydrogen) atoms. The van der Waals surface area contributed by atoms with Gasteiger partial charge in [0.15, 0.2) is 0 Å². The van der Waals surface area contributed by atoms with Gasteiger partial charge in [-0.05, 0) is 50.4 Å². The zero-order valence-corrected chi connectivity index (χ0v) is 13.2. The molecule has 0 bridgehead atoms. The minimum atomic E-state index is -0.266. The Balaban J connectivity index is 1.50. The van der Waals surface area contributed by atoms with Crippen LogP contribution in [-0.2, 0) is 9.53 Å². The quantitative estimate of drug-likeness (QED) is 0.810. The van der Waals surface area contributed by atoms with Gasteiger partial charge in [-0.1, -0.05) is 12.0 Å². The highest BCUT2D eigenvalue weighted by atomic mass is 16.5. The zero-order valence-electron chi connectivity index (χ0n) is 13.2. The number of ether oxygens (including phenoxy) is 1. The van der Waals surface area contributed by atoms with Crippen LogP contribution in [0, 0.1) is 17.8 Å². The van der Waals surface area contributed by atoms with Gasteiger partial charge in [0.2, 0.25) is 5.91 Å². The number of aliphatic hydroxyl groups is 1. The van der Waals surface area contributed by atoms with E-state index in [1.165, 1.54) is 31.3 Å². The Morgan fingerprint density at radius 2 is 1.82 bits per heavy atom. The van der Waals surface area contributed by atoms with Crippen molar-refractivity contribution in [3.8, 4) is 0 Å². The van der Waals surface area contributed by atoms with Crippen LogP contribution in [0.2, 0.25) is 0 Å². The molecule has 1 saturated heterocycles. The van der Waals surface area contributed by atoms with Crippen molar-refractivity contribution in [2.24, 2.45) is 17.8 Å². The Hall–Kier alpha value is -0.870. The second-order valence-electron chi connectivity index (χ2n) is 7.53. The molecule has 0 spiro atoms. The molecule has 1 heterocycles. The van der Waals surface area contributed by atoms with Crippen LogP contribution in [0.3, 0.4) is 0 Å². The first-order valence-corrected chi connectivity index (χ1v) is 9.02. The maximum absolute atomic E-state index is 12.9. The fourth-order valence-electron chi connectivity index (χ4n) is 4.30. The summed E-state index contributed by atoms with van der Waals surface area (Å²) in [7, 11) is 0. The van der Waals surface area contributed by atoms with Gasteiger partial charge in [0, 0.05) is 18.5 Å². The number of carbonyl (C=O) groups is 1.